The van der Waals surface area contributed by atoms with Crippen molar-refractivity contribution in [3.05, 3.63) is 69.5 Å². The number of hydrogen-bond donors (Lipinski definition) is 1. The Bertz CT molecular complexity index is 1090. The Hall–Kier alpha value is -3.55. The van der Waals surface area contributed by atoms with E-state index in [1.54, 1.807) is 24.4 Å². The van der Waals surface area contributed by atoms with Gasteiger partial charge in [-0.15, -0.1) is 0 Å². The van der Waals surface area contributed by atoms with E-state index < -0.39 is 0 Å². The van der Waals surface area contributed by atoms with Gasteiger partial charge >= 0.3 is 0 Å². The number of nitrogens with zero attached hydrogens (tertiary/aromatic N) is 4. The zero-order chi connectivity index (χ0) is 20.4. The molecule has 0 radical (unpaired) electrons. The third-order valence-corrected chi connectivity index (χ3v) is 4.96. The van der Waals surface area contributed by atoms with Crippen molar-refractivity contribution in [2.45, 2.75) is 26.3 Å². The van der Waals surface area contributed by atoms with E-state index in [1.807, 2.05) is 31.2 Å². The number of amides is 1. The number of benzene rings is 1. The van der Waals surface area contributed by atoms with Gasteiger partial charge in [-0.3, -0.25) is 14.6 Å². The summed E-state index contributed by atoms with van der Waals surface area (Å²) in [4.78, 5) is 42.8. The first-order chi connectivity index (χ1) is 14.0. The lowest BCUT2D eigenvalue weighted by molar-refractivity contribution is -0.131. The van der Waals surface area contributed by atoms with Crippen molar-refractivity contribution in [2.75, 3.05) is 13.7 Å². The number of aromatic amines is 1. The maximum Gasteiger partial charge on any atom is 0.256 e. The molecule has 29 heavy (non-hydrogen) atoms. The van der Waals surface area contributed by atoms with Crippen LogP contribution in [-0.4, -0.2) is 44.4 Å². The van der Waals surface area contributed by atoms with Crippen molar-refractivity contribution >= 4 is 5.91 Å². The van der Waals surface area contributed by atoms with Gasteiger partial charge in [-0.25, -0.2) is 9.97 Å². The molecular formula is C21H21N5O3. The van der Waals surface area contributed by atoms with E-state index in [-0.39, 0.29) is 24.4 Å². The van der Waals surface area contributed by atoms with Crippen LogP contribution in [0, 0.1) is 6.92 Å². The van der Waals surface area contributed by atoms with Crippen molar-refractivity contribution in [2.24, 2.45) is 0 Å². The Balaban J connectivity index is 1.51. The number of carbonyl (C=O) groups excluding carboxylic acids is 1. The third-order valence-electron chi connectivity index (χ3n) is 4.96. The van der Waals surface area contributed by atoms with Crippen molar-refractivity contribution in [1.29, 1.82) is 0 Å². The van der Waals surface area contributed by atoms with Gasteiger partial charge in [-0.05, 0) is 24.6 Å². The van der Waals surface area contributed by atoms with Gasteiger partial charge in [0.05, 0.1) is 43.2 Å². The smallest absolute Gasteiger partial charge is 0.256 e. The number of methoxy groups -OCH3 is 1. The molecule has 2 aromatic heterocycles. The topological polar surface area (TPSA) is 101 Å². The van der Waals surface area contributed by atoms with Crippen LogP contribution in [-0.2, 0) is 24.2 Å². The summed E-state index contributed by atoms with van der Waals surface area (Å²) in [6.45, 7) is 2.63. The molecule has 1 amide bonds. The quantitative estimate of drug-likeness (QED) is 0.726. The SMILES string of the molecule is COc1ccc(CC(=O)N2CCc3nc(-c4cnc(C)cn4)[nH]c(=O)c3C2)cc1. The van der Waals surface area contributed by atoms with Crippen molar-refractivity contribution in [3.63, 3.8) is 0 Å². The van der Waals surface area contributed by atoms with Crippen LogP contribution < -0.4 is 10.3 Å². The molecule has 0 bridgehead atoms. The summed E-state index contributed by atoms with van der Waals surface area (Å²) in [5.74, 6) is 1.13. The van der Waals surface area contributed by atoms with Crippen LogP contribution in [0.25, 0.3) is 11.5 Å². The van der Waals surface area contributed by atoms with Crippen molar-refractivity contribution in [1.82, 2.24) is 24.8 Å². The Morgan fingerprint density at radius 1 is 1.21 bits per heavy atom. The third kappa shape index (κ3) is 4.01. The second kappa shape index (κ2) is 7.83. The molecule has 0 spiro atoms. The maximum absolute atomic E-state index is 12.7. The Morgan fingerprint density at radius 2 is 2.00 bits per heavy atom. The molecule has 3 aromatic rings. The van der Waals surface area contributed by atoms with Crippen LogP contribution in [0.15, 0.2) is 41.5 Å². The van der Waals surface area contributed by atoms with Crippen molar-refractivity contribution < 1.29 is 9.53 Å². The molecule has 8 nitrogen and oxygen atoms in total. The molecule has 0 atom stereocenters. The van der Waals surface area contributed by atoms with Gasteiger partial charge in [0.1, 0.15) is 11.4 Å². The molecule has 8 heteroatoms. The lowest BCUT2D eigenvalue weighted by atomic mass is 10.0. The fourth-order valence-electron chi connectivity index (χ4n) is 3.30. The van der Waals surface area contributed by atoms with Crippen molar-refractivity contribution in [3.8, 4) is 17.3 Å². The first-order valence-corrected chi connectivity index (χ1v) is 9.35. The average Bonchev–Trinajstić information content (AvgIpc) is 2.74. The minimum atomic E-state index is -0.241. The van der Waals surface area contributed by atoms with Gasteiger partial charge in [0.15, 0.2) is 5.82 Å². The zero-order valence-electron chi connectivity index (χ0n) is 16.3. The molecule has 4 rings (SSSR count). The number of fused-ring (bicyclic) bond motifs is 1. The van der Waals surface area contributed by atoms with E-state index in [1.165, 1.54) is 0 Å². The highest BCUT2D eigenvalue weighted by atomic mass is 16.5. The molecule has 1 aliphatic heterocycles. The standard InChI is InChI=1S/C21H21N5O3/c1-13-10-23-18(11-22-13)20-24-17-7-8-26(12-16(17)21(28)25-20)19(27)9-14-3-5-15(29-2)6-4-14/h3-6,10-11H,7-9,12H2,1-2H3,(H,24,25,28). The molecule has 0 unspecified atom stereocenters. The number of H-pyrrole nitrogens is 1. The predicted molar refractivity (Wildman–Crippen MR) is 106 cm³/mol. The van der Waals surface area contributed by atoms with Crippen LogP contribution in [0.4, 0.5) is 0 Å². The van der Waals surface area contributed by atoms with Gasteiger partial charge in [0.2, 0.25) is 5.91 Å². The second-order valence-electron chi connectivity index (χ2n) is 6.97. The predicted octanol–water partition coefficient (Wildman–Crippen LogP) is 1.67. The van der Waals surface area contributed by atoms with Gasteiger partial charge < -0.3 is 14.6 Å². The number of rotatable bonds is 4. The van der Waals surface area contributed by atoms with Gasteiger partial charge in [0, 0.05) is 19.2 Å². The highest BCUT2D eigenvalue weighted by Crippen LogP contribution is 2.19. The number of aryl methyl sites for hydroxylation is 1. The van der Waals surface area contributed by atoms with Gasteiger partial charge in [0.25, 0.3) is 5.56 Å². The zero-order valence-corrected chi connectivity index (χ0v) is 16.3. The van der Waals surface area contributed by atoms with E-state index in [9.17, 15) is 9.59 Å². The summed E-state index contributed by atoms with van der Waals surface area (Å²) in [6, 6.07) is 7.41. The molecule has 148 valence electrons. The van der Waals surface area contributed by atoms with E-state index in [0.717, 1.165) is 17.0 Å². The maximum atomic E-state index is 12.7. The summed E-state index contributed by atoms with van der Waals surface area (Å²) in [6.07, 6.45) is 4.03. The van der Waals surface area contributed by atoms with E-state index >= 15 is 0 Å². The van der Waals surface area contributed by atoms with E-state index in [2.05, 4.69) is 19.9 Å². The first kappa shape index (κ1) is 18.8. The number of hydrogen-bond acceptors (Lipinski definition) is 6. The number of ether oxygens (including phenoxy) is 1. The van der Waals surface area contributed by atoms with Gasteiger partial charge in [-0.1, -0.05) is 12.1 Å². The summed E-state index contributed by atoms with van der Waals surface area (Å²) in [5.41, 5.74) is 3.22. The number of nitrogens with one attached hydrogen (secondary N) is 1. The summed E-state index contributed by atoms with van der Waals surface area (Å²) >= 11 is 0. The molecule has 0 saturated carbocycles. The second-order valence-corrected chi connectivity index (χ2v) is 6.97. The molecule has 0 saturated heterocycles. The Labute approximate surface area is 167 Å². The monoisotopic (exact) mass is 391 g/mol. The average molecular weight is 391 g/mol. The molecule has 1 N–H and O–H groups in total. The van der Waals surface area contributed by atoms with E-state index in [0.29, 0.717) is 35.7 Å². The highest BCUT2D eigenvalue weighted by molar-refractivity contribution is 5.79. The fraction of sp³-hybridized carbons (Fsp3) is 0.286. The van der Waals surface area contributed by atoms with Gasteiger partial charge in [-0.2, -0.15) is 0 Å². The lowest BCUT2D eigenvalue weighted by Crippen LogP contribution is -2.40. The minimum Gasteiger partial charge on any atom is -0.497 e. The van der Waals surface area contributed by atoms with Crippen LogP contribution in [0.5, 0.6) is 5.75 Å². The van der Waals surface area contributed by atoms with Crippen LogP contribution in [0.2, 0.25) is 0 Å². The lowest BCUT2D eigenvalue weighted by Gasteiger charge is -2.28. The normalized spacial score (nSPS) is 13.1. The van der Waals surface area contributed by atoms with Crippen LogP contribution in [0.3, 0.4) is 0 Å². The van der Waals surface area contributed by atoms with Crippen LogP contribution >= 0.6 is 0 Å². The minimum absolute atomic E-state index is 0.0197. The molecule has 3 heterocycles. The van der Waals surface area contributed by atoms with E-state index in [4.69, 9.17) is 4.74 Å². The Kier molecular flexibility index (Phi) is 5.07. The fourth-order valence-corrected chi connectivity index (χ4v) is 3.30. The Morgan fingerprint density at radius 3 is 2.69 bits per heavy atom. The summed E-state index contributed by atoms with van der Waals surface area (Å²) in [7, 11) is 1.60. The highest BCUT2D eigenvalue weighted by Gasteiger charge is 2.25. The number of aromatic nitrogens is 4. The number of carbonyl (C=O) groups is 1. The molecular weight excluding hydrogens is 370 g/mol. The summed E-state index contributed by atoms with van der Waals surface area (Å²) in [5, 5.41) is 0. The largest absolute Gasteiger partial charge is 0.497 e. The summed E-state index contributed by atoms with van der Waals surface area (Å²) < 4.78 is 5.14. The molecule has 0 fully saturated rings. The first-order valence-electron chi connectivity index (χ1n) is 9.35. The molecule has 1 aliphatic rings. The molecule has 0 aliphatic carbocycles. The molecule has 1 aromatic carbocycles. The van der Waals surface area contributed by atoms with Crippen LogP contribution in [0.1, 0.15) is 22.5 Å².